The minimum atomic E-state index is -1.77. The number of carboxylic acids is 1. The van der Waals surface area contributed by atoms with Crippen molar-refractivity contribution in [3.05, 3.63) is 72.1 Å². The Kier molecular flexibility index (Phi) is 16.6. The molecule has 0 bridgehead atoms. The van der Waals surface area contributed by atoms with Gasteiger partial charge in [-0.25, -0.2) is 4.79 Å². The molecule has 0 aliphatic carbocycles. The zero-order valence-corrected chi connectivity index (χ0v) is 32.8. The number of nitrogens with one attached hydrogen (secondary N) is 8. The zero-order chi connectivity index (χ0) is 44.1. The Balaban J connectivity index is 1.59. The molecule has 2 heterocycles. The van der Waals surface area contributed by atoms with E-state index in [0.717, 1.165) is 10.9 Å². The highest BCUT2D eigenvalue weighted by molar-refractivity contribution is 5.98. The smallest absolute Gasteiger partial charge is 0.326 e. The van der Waals surface area contributed by atoms with Gasteiger partial charge < -0.3 is 73.1 Å². The number of aliphatic carboxylic acids is 1. The lowest BCUT2D eigenvalue weighted by molar-refractivity contribution is -0.143. The first-order valence-electron chi connectivity index (χ1n) is 19.0. The molecule has 0 saturated heterocycles. The Morgan fingerprint density at radius 1 is 0.533 bits per heavy atom. The number of amides is 6. The number of fused-ring (bicyclic) bond motifs is 2. The summed E-state index contributed by atoms with van der Waals surface area (Å²) in [4.78, 5) is 98.1. The van der Waals surface area contributed by atoms with Crippen molar-refractivity contribution in [1.29, 1.82) is 0 Å². The van der Waals surface area contributed by atoms with Crippen LogP contribution in [0.25, 0.3) is 21.8 Å². The van der Waals surface area contributed by atoms with Crippen molar-refractivity contribution < 1.29 is 59.1 Å². The minimum absolute atomic E-state index is 0.0988. The van der Waals surface area contributed by atoms with Gasteiger partial charge in [-0.15, -0.1) is 0 Å². The number of H-pyrrole nitrogens is 2. The number of aliphatic hydroxyl groups excluding tert-OH is 4. The van der Waals surface area contributed by atoms with Crippen LogP contribution in [0.15, 0.2) is 60.9 Å². The summed E-state index contributed by atoms with van der Waals surface area (Å²) < 4.78 is 0. The second kappa shape index (κ2) is 21.6. The topological polar surface area (TPSA) is 350 Å². The summed E-state index contributed by atoms with van der Waals surface area (Å²) in [7, 11) is 0. The number of carbonyl (C=O) groups excluding carboxylic acids is 6. The van der Waals surface area contributed by atoms with Crippen molar-refractivity contribution in [1.82, 2.24) is 41.9 Å². The highest BCUT2D eigenvalue weighted by atomic mass is 16.4. The molecule has 0 fully saturated rings. The van der Waals surface area contributed by atoms with Crippen molar-refractivity contribution in [2.24, 2.45) is 11.7 Å². The minimum Gasteiger partial charge on any atom is -0.480 e. The van der Waals surface area contributed by atoms with Crippen LogP contribution in [-0.2, 0) is 46.4 Å². The van der Waals surface area contributed by atoms with E-state index in [0.29, 0.717) is 22.0 Å². The Labute approximate surface area is 342 Å². The summed E-state index contributed by atoms with van der Waals surface area (Å²) in [5, 5.41) is 64.1. The molecule has 0 unspecified atom stereocenters. The molecule has 4 rings (SSSR count). The number of benzene rings is 2. The van der Waals surface area contributed by atoms with Gasteiger partial charge in [0.2, 0.25) is 35.4 Å². The van der Waals surface area contributed by atoms with Crippen LogP contribution in [0.2, 0.25) is 0 Å². The number of carbonyl (C=O) groups is 7. The van der Waals surface area contributed by atoms with Gasteiger partial charge in [0.15, 0.2) is 0 Å². The van der Waals surface area contributed by atoms with Gasteiger partial charge in [0.25, 0.3) is 0 Å². The number of rotatable bonds is 22. The fraction of sp³-hybridized carbons (Fsp3) is 0.410. The lowest BCUT2D eigenvalue weighted by Gasteiger charge is -2.27. The summed E-state index contributed by atoms with van der Waals surface area (Å²) in [5.74, 6) is -7.91. The average molecular weight is 838 g/mol. The second-order valence-corrected chi connectivity index (χ2v) is 14.3. The van der Waals surface area contributed by atoms with Crippen molar-refractivity contribution >= 4 is 63.2 Å². The third-order valence-corrected chi connectivity index (χ3v) is 9.67. The Morgan fingerprint density at radius 2 is 0.883 bits per heavy atom. The number of hydrogen-bond donors (Lipinski definition) is 14. The van der Waals surface area contributed by atoms with E-state index in [-0.39, 0.29) is 12.8 Å². The predicted octanol–water partition coefficient (Wildman–Crippen LogP) is -3.62. The quantitative estimate of drug-likeness (QED) is 0.0364. The maximum atomic E-state index is 14.3. The first-order chi connectivity index (χ1) is 28.6. The van der Waals surface area contributed by atoms with E-state index in [1.54, 1.807) is 68.7 Å². The summed E-state index contributed by atoms with van der Waals surface area (Å²) >= 11 is 0. The summed E-state index contributed by atoms with van der Waals surface area (Å²) in [6.07, 6.45) is 3.00. The first-order valence-corrected chi connectivity index (χ1v) is 19.0. The van der Waals surface area contributed by atoms with E-state index < -0.39 is 116 Å². The molecule has 4 aromatic rings. The largest absolute Gasteiger partial charge is 0.480 e. The number of para-hydroxylation sites is 2. The maximum Gasteiger partial charge on any atom is 0.326 e. The molecule has 60 heavy (non-hydrogen) atoms. The molecule has 324 valence electrons. The van der Waals surface area contributed by atoms with Crippen molar-refractivity contribution in [3.8, 4) is 0 Å². The molecular weight excluding hydrogens is 786 g/mol. The van der Waals surface area contributed by atoms with Gasteiger partial charge in [0.05, 0.1) is 26.4 Å². The number of aromatic nitrogens is 2. The molecule has 21 heteroatoms. The summed E-state index contributed by atoms with van der Waals surface area (Å²) in [6.45, 7) is -0.585. The van der Waals surface area contributed by atoms with Gasteiger partial charge in [-0.1, -0.05) is 50.2 Å². The number of aliphatic hydroxyl groups is 4. The third-order valence-electron chi connectivity index (χ3n) is 9.67. The molecule has 0 aliphatic rings. The van der Waals surface area contributed by atoms with Crippen LogP contribution < -0.4 is 37.6 Å². The fourth-order valence-electron chi connectivity index (χ4n) is 6.26. The van der Waals surface area contributed by atoms with Crippen molar-refractivity contribution in [2.75, 3.05) is 26.4 Å². The van der Waals surface area contributed by atoms with Crippen LogP contribution in [-0.4, -0.2) is 146 Å². The molecule has 0 aliphatic heterocycles. The van der Waals surface area contributed by atoms with E-state index in [4.69, 9.17) is 10.8 Å². The number of aromatic amines is 2. The number of hydrogen-bond acceptors (Lipinski definition) is 12. The predicted molar refractivity (Wildman–Crippen MR) is 214 cm³/mol. The standard InChI is InChI=1S/C39H51N9O12/c1-19(2)32(39(59)60)48-35(55)28(12-21-14-42-26-10-6-4-8-23(21)26)43-34(54)27(11-20-13-41-25-9-5-3-7-22(20)25)44-36(56)30(17-51)46-38(58)31(18-52)47-37(57)29(16-50)45-33(53)24(40)15-49/h3-10,13-14,19,24,27-32,41-42,49-52H,11-12,15-18,40H2,1-2H3,(H,43,54)(H,44,56)(H,45,53)(H,46,58)(H,47,57)(H,48,55)(H,59,60)/t24-,27-,28-,29-,30-,31-,32-/m0/s1. The lowest BCUT2D eigenvalue weighted by Crippen LogP contribution is -2.61. The van der Waals surface area contributed by atoms with E-state index in [2.05, 4.69) is 41.9 Å². The first kappa shape index (κ1) is 46.3. The number of nitrogens with two attached hydrogens (primary N) is 1. The average Bonchev–Trinajstić information content (AvgIpc) is 3.84. The number of carboxylic acid groups (broad SMARTS) is 1. The normalized spacial score (nSPS) is 14.9. The molecule has 0 radical (unpaired) electrons. The molecule has 15 N–H and O–H groups in total. The van der Waals surface area contributed by atoms with Crippen molar-refractivity contribution in [2.45, 2.75) is 69.0 Å². The van der Waals surface area contributed by atoms with E-state index in [1.807, 2.05) is 6.07 Å². The van der Waals surface area contributed by atoms with Gasteiger partial charge in [-0.2, -0.15) is 0 Å². The van der Waals surface area contributed by atoms with Crippen molar-refractivity contribution in [3.63, 3.8) is 0 Å². The van der Waals surface area contributed by atoms with E-state index >= 15 is 0 Å². The van der Waals surface area contributed by atoms with Crippen LogP contribution in [0, 0.1) is 5.92 Å². The SMILES string of the molecule is CC(C)[C@H](NC(=O)[C@H](Cc1c[nH]c2ccccc12)NC(=O)[C@H](Cc1c[nH]c2ccccc12)NC(=O)[C@H](CO)NC(=O)[C@H](CO)NC(=O)[C@H](CO)NC(=O)[C@@H](N)CO)C(=O)O. The molecular formula is C39H51N9O12. The van der Waals surface area contributed by atoms with Gasteiger partial charge >= 0.3 is 5.97 Å². The molecule has 7 atom stereocenters. The Morgan fingerprint density at radius 3 is 1.25 bits per heavy atom. The summed E-state index contributed by atoms with van der Waals surface area (Å²) in [5.41, 5.74) is 8.06. The highest BCUT2D eigenvalue weighted by Gasteiger charge is 2.34. The lowest BCUT2D eigenvalue weighted by atomic mass is 10.00. The molecule has 0 spiro atoms. The van der Waals surface area contributed by atoms with E-state index in [9.17, 15) is 54.0 Å². The maximum absolute atomic E-state index is 14.3. The molecule has 2 aromatic carbocycles. The van der Waals surface area contributed by atoms with Crippen LogP contribution in [0.5, 0.6) is 0 Å². The van der Waals surface area contributed by atoms with Crippen LogP contribution in [0.4, 0.5) is 0 Å². The Hall–Kier alpha value is -6.39. The second-order valence-electron chi connectivity index (χ2n) is 14.3. The summed E-state index contributed by atoms with van der Waals surface area (Å²) in [6, 6.07) is 3.55. The molecule has 21 nitrogen and oxygen atoms in total. The van der Waals surface area contributed by atoms with Gasteiger partial charge in [0.1, 0.15) is 42.3 Å². The third kappa shape index (κ3) is 11.9. The highest BCUT2D eigenvalue weighted by Crippen LogP contribution is 2.21. The van der Waals surface area contributed by atoms with Gasteiger partial charge in [-0.3, -0.25) is 28.8 Å². The van der Waals surface area contributed by atoms with Crippen LogP contribution >= 0.6 is 0 Å². The molecule has 6 amide bonds. The van der Waals surface area contributed by atoms with Gasteiger partial charge in [0, 0.05) is 47.0 Å². The fourth-order valence-corrected chi connectivity index (χ4v) is 6.26. The molecule has 2 aromatic heterocycles. The molecule has 0 saturated carbocycles. The van der Waals surface area contributed by atoms with Crippen LogP contribution in [0.1, 0.15) is 25.0 Å². The van der Waals surface area contributed by atoms with Crippen LogP contribution in [0.3, 0.4) is 0 Å². The van der Waals surface area contributed by atoms with Gasteiger partial charge in [-0.05, 0) is 29.2 Å². The zero-order valence-electron chi connectivity index (χ0n) is 32.8. The van der Waals surface area contributed by atoms with E-state index in [1.165, 1.54) is 0 Å². The monoisotopic (exact) mass is 837 g/mol. The Bertz CT molecular complexity index is 2150.